The fraction of sp³-hybridized carbons (Fsp3) is 0.333. The maximum atomic E-state index is 4.35. The monoisotopic (exact) mass is 354 g/mol. The summed E-state index contributed by atoms with van der Waals surface area (Å²) in [6, 6.07) is 4.27. The summed E-state index contributed by atoms with van der Waals surface area (Å²) in [6.45, 7) is 0. The number of halogens is 2. The highest BCUT2D eigenvalue weighted by Crippen LogP contribution is 2.44. The Bertz CT molecular complexity index is 321. The Morgan fingerprint density at radius 2 is 2.08 bits per heavy atom. The molecule has 0 saturated heterocycles. The van der Waals surface area contributed by atoms with E-state index < -0.39 is 0 Å². The van der Waals surface area contributed by atoms with Crippen molar-refractivity contribution in [3.8, 4) is 0 Å². The quantitative estimate of drug-likeness (QED) is 0.566. The molecule has 0 radical (unpaired) electrons. The number of benzene rings is 1. The Labute approximate surface area is 99.8 Å². The van der Waals surface area contributed by atoms with Gasteiger partial charge in [-0.3, -0.25) is 0 Å². The molecule has 0 nitrogen and oxygen atoms in total. The second-order valence-electron chi connectivity index (χ2n) is 3.08. The van der Waals surface area contributed by atoms with Crippen molar-refractivity contribution in [2.75, 3.05) is 0 Å². The molecule has 0 spiro atoms. The van der Waals surface area contributed by atoms with Crippen LogP contribution in [0.3, 0.4) is 0 Å². The smallest absolute Gasteiger partial charge is 0.0445 e. The minimum absolute atomic E-state index is 0.821. The lowest BCUT2D eigenvalue weighted by Crippen LogP contribution is -1.87. The number of thiol groups is 1. The lowest BCUT2D eigenvalue weighted by Gasteiger charge is -2.06. The summed E-state index contributed by atoms with van der Waals surface area (Å²) < 4.78 is 2.48. The summed E-state index contributed by atoms with van der Waals surface area (Å²) in [5, 5.41) is 0. The van der Waals surface area contributed by atoms with Gasteiger partial charge in [0, 0.05) is 12.9 Å². The van der Waals surface area contributed by atoms with Crippen LogP contribution in [-0.4, -0.2) is 0 Å². The lowest BCUT2D eigenvalue weighted by atomic mass is 10.1. The first kappa shape index (κ1) is 9.34. The fourth-order valence-corrected chi connectivity index (χ4v) is 2.94. The van der Waals surface area contributed by atoms with Gasteiger partial charge in [-0.15, -0.1) is 12.6 Å². The van der Waals surface area contributed by atoms with Crippen molar-refractivity contribution in [3.63, 3.8) is 0 Å². The molecule has 0 aromatic heterocycles. The van der Waals surface area contributed by atoms with E-state index in [1.165, 1.54) is 22.0 Å². The molecule has 0 heterocycles. The minimum atomic E-state index is 0.821. The zero-order chi connectivity index (χ0) is 8.72. The van der Waals surface area contributed by atoms with Crippen LogP contribution in [0, 0.1) is 3.57 Å². The molecule has 1 saturated carbocycles. The van der Waals surface area contributed by atoms with Gasteiger partial charge in [0.1, 0.15) is 0 Å². The Hall–Kier alpha value is 0.780. The first-order valence-electron chi connectivity index (χ1n) is 3.87. The highest BCUT2D eigenvalue weighted by atomic mass is 127. The molecule has 1 aromatic rings. The van der Waals surface area contributed by atoms with Gasteiger partial charge in [-0.1, -0.05) is 6.07 Å². The van der Waals surface area contributed by atoms with Crippen molar-refractivity contribution >= 4 is 51.1 Å². The fourth-order valence-electron chi connectivity index (χ4n) is 1.26. The molecular weight excluding hydrogens is 347 g/mol. The summed E-state index contributed by atoms with van der Waals surface area (Å²) in [6.07, 6.45) is 2.71. The molecular formula is C9H8BrIS. The maximum Gasteiger partial charge on any atom is 0.0445 e. The predicted molar refractivity (Wildman–Crippen MR) is 66.1 cm³/mol. The van der Waals surface area contributed by atoms with Crippen LogP contribution in [0.25, 0.3) is 0 Å². The Morgan fingerprint density at radius 3 is 2.67 bits per heavy atom. The second kappa shape index (κ2) is 3.50. The molecule has 0 unspecified atom stereocenters. The molecule has 1 fully saturated rings. The van der Waals surface area contributed by atoms with E-state index in [0.29, 0.717) is 0 Å². The van der Waals surface area contributed by atoms with Gasteiger partial charge >= 0.3 is 0 Å². The normalized spacial score (nSPS) is 16.6. The Balaban J connectivity index is 2.49. The highest BCUT2D eigenvalue weighted by molar-refractivity contribution is 14.1. The zero-order valence-electron chi connectivity index (χ0n) is 6.35. The van der Waals surface area contributed by atoms with Gasteiger partial charge in [0.15, 0.2) is 0 Å². The number of rotatable bonds is 1. The van der Waals surface area contributed by atoms with Crippen LogP contribution in [0.2, 0.25) is 0 Å². The summed E-state index contributed by atoms with van der Waals surface area (Å²) in [4.78, 5) is 1.03. The molecule has 1 aromatic carbocycles. The van der Waals surface area contributed by atoms with Crippen LogP contribution in [0.1, 0.15) is 24.3 Å². The van der Waals surface area contributed by atoms with Gasteiger partial charge in [-0.05, 0) is 68.9 Å². The van der Waals surface area contributed by atoms with Crippen molar-refractivity contribution in [2.24, 2.45) is 0 Å². The third-order valence-electron chi connectivity index (χ3n) is 2.11. The van der Waals surface area contributed by atoms with Crippen molar-refractivity contribution in [3.05, 3.63) is 25.7 Å². The van der Waals surface area contributed by atoms with E-state index in [1.807, 2.05) is 0 Å². The molecule has 12 heavy (non-hydrogen) atoms. The minimum Gasteiger partial charge on any atom is -0.142 e. The molecule has 1 aliphatic rings. The number of hydrogen-bond acceptors (Lipinski definition) is 1. The van der Waals surface area contributed by atoms with Crippen molar-refractivity contribution in [1.82, 2.24) is 0 Å². The van der Waals surface area contributed by atoms with E-state index in [-0.39, 0.29) is 0 Å². The van der Waals surface area contributed by atoms with E-state index in [4.69, 9.17) is 0 Å². The van der Waals surface area contributed by atoms with Crippen LogP contribution in [0.4, 0.5) is 0 Å². The van der Waals surface area contributed by atoms with Crippen LogP contribution in [0.15, 0.2) is 21.5 Å². The topological polar surface area (TPSA) is 0 Å². The lowest BCUT2D eigenvalue weighted by molar-refractivity contribution is 1.10. The third kappa shape index (κ3) is 1.68. The molecule has 0 amide bonds. The molecule has 0 bridgehead atoms. The third-order valence-corrected chi connectivity index (χ3v) is 5.52. The van der Waals surface area contributed by atoms with E-state index >= 15 is 0 Å². The van der Waals surface area contributed by atoms with Gasteiger partial charge in [-0.2, -0.15) is 0 Å². The Kier molecular flexibility index (Phi) is 2.72. The van der Waals surface area contributed by atoms with Gasteiger partial charge in [0.25, 0.3) is 0 Å². The molecule has 1 aliphatic carbocycles. The molecule has 3 heteroatoms. The van der Waals surface area contributed by atoms with Crippen molar-refractivity contribution in [2.45, 2.75) is 23.7 Å². The van der Waals surface area contributed by atoms with Crippen LogP contribution in [-0.2, 0) is 0 Å². The van der Waals surface area contributed by atoms with Crippen molar-refractivity contribution in [1.29, 1.82) is 0 Å². The highest BCUT2D eigenvalue weighted by Gasteiger charge is 2.26. The number of hydrogen-bond donors (Lipinski definition) is 1. The van der Waals surface area contributed by atoms with Gasteiger partial charge in [0.05, 0.1) is 0 Å². The molecule has 0 N–H and O–H groups in total. The van der Waals surface area contributed by atoms with E-state index in [1.54, 1.807) is 0 Å². The molecule has 64 valence electrons. The molecule has 2 rings (SSSR count). The zero-order valence-corrected chi connectivity index (χ0v) is 11.0. The second-order valence-corrected chi connectivity index (χ2v) is 5.43. The first-order valence-corrected chi connectivity index (χ1v) is 6.19. The maximum absolute atomic E-state index is 4.35. The summed E-state index contributed by atoms with van der Waals surface area (Å²) >= 11 is 10.3. The largest absolute Gasteiger partial charge is 0.142 e. The van der Waals surface area contributed by atoms with Crippen molar-refractivity contribution < 1.29 is 0 Å². The average molecular weight is 355 g/mol. The predicted octanol–water partition coefficient (Wildman–Crippen LogP) is 4.22. The molecule has 0 aliphatic heterocycles. The average Bonchev–Trinajstić information content (AvgIpc) is 2.84. The summed E-state index contributed by atoms with van der Waals surface area (Å²) in [5.41, 5.74) is 1.49. The van der Waals surface area contributed by atoms with Gasteiger partial charge < -0.3 is 0 Å². The Morgan fingerprint density at radius 1 is 1.42 bits per heavy atom. The van der Waals surface area contributed by atoms with E-state index in [0.717, 1.165) is 15.3 Å². The summed E-state index contributed by atoms with van der Waals surface area (Å²) in [5.74, 6) is 0.821. The first-order chi connectivity index (χ1) is 5.70. The SMILES string of the molecule is Sc1ccc(C2CC2)c(I)c1Br. The van der Waals surface area contributed by atoms with Crippen LogP contribution >= 0.6 is 51.1 Å². The van der Waals surface area contributed by atoms with Crippen LogP contribution < -0.4 is 0 Å². The van der Waals surface area contributed by atoms with E-state index in [9.17, 15) is 0 Å². The summed E-state index contributed by atoms with van der Waals surface area (Å²) in [7, 11) is 0. The standard InChI is InChI=1S/C9H8BrIS/c10-8-7(12)4-3-6(9(8)11)5-1-2-5/h3-5,12H,1-2H2. The van der Waals surface area contributed by atoms with E-state index in [2.05, 4.69) is 63.3 Å². The van der Waals surface area contributed by atoms with Gasteiger partial charge in [-0.25, -0.2) is 0 Å². The molecule has 0 atom stereocenters. The van der Waals surface area contributed by atoms with Crippen LogP contribution in [0.5, 0.6) is 0 Å². The van der Waals surface area contributed by atoms with Gasteiger partial charge in [0.2, 0.25) is 0 Å².